The third-order valence-corrected chi connectivity index (χ3v) is 7.50. The summed E-state index contributed by atoms with van der Waals surface area (Å²) in [5.41, 5.74) is 1.37. The van der Waals surface area contributed by atoms with Crippen molar-refractivity contribution in [3.8, 4) is 11.5 Å². The van der Waals surface area contributed by atoms with Crippen LogP contribution in [0.3, 0.4) is 0 Å². The number of ether oxygens (including phenoxy) is 1. The summed E-state index contributed by atoms with van der Waals surface area (Å²) in [6, 6.07) is 3.90. The van der Waals surface area contributed by atoms with Gasteiger partial charge in [-0.25, -0.2) is 0 Å². The van der Waals surface area contributed by atoms with Gasteiger partial charge in [0.15, 0.2) is 11.5 Å². The van der Waals surface area contributed by atoms with Crippen molar-refractivity contribution < 1.29 is 20.1 Å². The topological polar surface area (TPSA) is 85.2 Å². The molecule has 4 N–H and O–H groups in total. The third-order valence-electron chi connectivity index (χ3n) is 7.50. The van der Waals surface area contributed by atoms with Crippen molar-refractivity contribution in [3.05, 3.63) is 23.3 Å². The number of phenols is 1. The fourth-order valence-electron chi connectivity index (χ4n) is 5.98. The Morgan fingerprint density at radius 3 is 2.82 bits per heavy atom. The summed E-state index contributed by atoms with van der Waals surface area (Å²) < 4.78 is 6.29. The van der Waals surface area contributed by atoms with E-state index in [1.165, 1.54) is 18.4 Å². The summed E-state index contributed by atoms with van der Waals surface area (Å²) in [7, 11) is 0. The van der Waals surface area contributed by atoms with E-state index in [-0.39, 0.29) is 36.5 Å². The quantitative estimate of drug-likeness (QED) is 0.565. The number of aromatic hydroxyl groups is 1. The van der Waals surface area contributed by atoms with Gasteiger partial charge in [-0.15, -0.1) is 0 Å². The van der Waals surface area contributed by atoms with Gasteiger partial charge in [-0.05, 0) is 56.2 Å². The van der Waals surface area contributed by atoms with Gasteiger partial charge < -0.3 is 25.4 Å². The monoisotopic (exact) mass is 388 g/mol. The Kier molecular flexibility index (Phi) is 4.58. The molecule has 3 aliphatic carbocycles. The Morgan fingerprint density at radius 1 is 1.29 bits per heavy atom. The van der Waals surface area contributed by atoms with Crippen molar-refractivity contribution in [3.63, 3.8) is 0 Å². The van der Waals surface area contributed by atoms with Gasteiger partial charge in [0, 0.05) is 30.7 Å². The number of aliphatic hydroxyl groups excluding tert-OH is 1. The molecule has 6 heteroatoms. The summed E-state index contributed by atoms with van der Waals surface area (Å²) in [6.45, 7) is 4.79. The molecule has 1 aliphatic heterocycles. The summed E-state index contributed by atoms with van der Waals surface area (Å²) >= 11 is 0. The van der Waals surface area contributed by atoms with Crippen LogP contribution in [-0.2, 0) is 6.42 Å². The summed E-state index contributed by atoms with van der Waals surface area (Å²) in [6.07, 6.45) is 4.72. The second-order valence-electron chi connectivity index (χ2n) is 9.11. The van der Waals surface area contributed by atoms with E-state index in [9.17, 15) is 15.3 Å². The van der Waals surface area contributed by atoms with Crippen molar-refractivity contribution in [1.29, 1.82) is 0 Å². The maximum absolute atomic E-state index is 12.1. The molecule has 28 heavy (non-hydrogen) atoms. The number of nitrogens with one attached hydrogen (secondary N) is 1. The van der Waals surface area contributed by atoms with Crippen molar-refractivity contribution in [2.75, 3.05) is 26.2 Å². The van der Waals surface area contributed by atoms with E-state index in [1.807, 2.05) is 6.07 Å². The van der Waals surface area contributed by atoms with E-state index < -0.39 is 5.60 Å². The van der Waals surface area contributed by atoms with Crippen LogP contribution in [0.1, 0.15) is 49.7 Å². The molecule has 4 aliphatic rings. The number of nitrogens with zero attached hydrogens (tertiary/aromatic N) is 1. The zero-order chi connectivity index (χ0) is 19.5. The molecule has 0 aromatic heterocycles. The van der Waals surface area contributed by atoms with Crippen LogP contribution in [0.25, 0.3) is 0 Å². The van der Waals surface area contributed by atoms with E-state index in [1.54, 1.807) is 6.07 Å². The average molecular weight is 389 g/mol. The van der Waals surface area contributed by atoms with Crippen LogP contribution in [0.4, 0.5) is 0 Å². The molecule has 0 radical (unpaired) electrons. The SMILES string of the molecule is CCN(CC1CC1)[C@@H]1Cc2ccc(O)c3c2C2[C@@H](O3)[C@@H](NCCO)CC[C@]21O. The first-order chi connectivity index (χ1) is 13.6. The molecule has 5 rings (SSSR count). The maximum atomic E-state index is 12.1. The Morgan fingerprint density at radius 2 is 2.11 bits per heavy atom. The molecular weight excluding hydrogens is 356 g/mol. The molecule has 1 heterocycles. The summed E-state index contributed by atoms with van der Waals surface area (Å²) in [5, 5.41) is 35.2. The minimum atomic E-state index is -0.848. The zero-order valence-electron chi connectivity index (χ0n) is 16.6. The molecule has 2 fully saturated rings. The summed E-state index contributed by atoms with van der Waals surface area (Å²) in [4.78, 5) is 2.49. The number of phenolic OH excluding ortho intramolecular Hbond substituents is 1. The van der Waals surface area contributed by atoms with Gasteiger partial charge in [-0.3, -0.25) is 4.90 Å². The molecule has 2 saturated carbocycles. The van der Waals surface area contributed by atoms with Crippen molar-refractivity contribution in [2.24, 2.45) is 5.92 Å². The summed E-state index contributed by atoms with van der Waals surface area (Å²) in [5.74, 6) is 1.37. The highest BCUT2D eigenvalue weighted by Crippen LogP contribution is 2.59. The van der Waals surface area contributed by atoms with Crippen molar-refractivity contribution in [2.45, 2.75) is 68.7 Å². The van der Waals surface area contributed by atoms with E-state index in [0.717, 1.165) is 37.4 Å². The molecule has 0 bridgehead atoms. The Balaban J connectivity index is 1.55. The van der Waals surface area contributed by atoms with Gasteiger partial charge in [-0.1, -0.05) is 13.0 Å². The first-order valence-electron chi connectivity index (χ1n) is 10.9. The van der Waals surface area contributed by atoms with Gasteiger partial charge in [0.05, 0.1) is 18.1 Å². The van der Waals surface area contributed by atoms with Crippen LogP contribution < -0.4 is 10.1 Å². The predicted molar refractivity (Wildman–Crippen MR) is 106 cm³/mol. The maximum Gasteiger partial charge on any atom is 0.165 e. The Hall–Kier alpha value is -1.34. The molecule has 0 spiro atoms. The lowest BCUT2D eigenvalue weighted by Crippen LogP contribution is -2.66. The molecule has 0 saturated heterocycles. The van der Waals surface area contributed by atoms with E-state index in [2.05, 4.69) is 17.1 Å². The molecule has 1 aromatic rings. The van der Waals surface area contributed by atoms with Crippen LogP contribution in [0, 0.1) is 5.92 Å². The smallest absolute Gasteiger partial charge is 0.165 e. The molecule has 1 aromatic carbocycles. The minimum absolute atomic E-state index is 0.0642. The van der Waals surface area contributed by atoms with Crippen LogP contribution in [0.2, 0.25) is 0 Å². The normalized spacial score (nSPS) is 35.7. The number of likely N-dealkylation sites (N-methyl/N-ethyl adjacent to an activating group) is 1. The van der Waals surface area contributed by atoms with E-state index in [4.69, 9.17) is 4.74 Å². The lowest BCUT2D eigenvalue weighted by molar-refractivity contribution is -0.119. The molecule has 6 nitrogen and oxygen atoms in total. The van der Waals surface area contributed by atoms with Gasteiger partial charge in [0.1, 0.15) is 6.10 Å². The van der Waals surface area contributed by atoms with Crippen LogP contribution in [-0.4, -0.2) is 70.2 Å². The van der Waals surface area contributed by atoms with Crippen LogP contribution >= 0.6 is 0 Å². The number of benzene rings is 1. The fourth-order valence-corrected chi connectivity index (χ4v) is 5.98. The van der Waals surface area contributed by atoms with E-state index in [0.29, 0.717) is 18.7 Å². The first-order valence-corrected chi connectivity index (χ1v) is 10.9. The van der Waals surface area contributed by atoms with Crippen molar-refractivity contribution >= 4 is 0 Å². The van der Waals surface area contributed by atoms with E-state index >= 15 is 0 Å². The third kappa shape index (κ3) is 2.76. The van der Waals surface area contributed by atoms with Gasteiger partial charge in [0.25, 0.3) is 0 Å². The Labute approximate surface area is 166 Å². The predicted octanol–water partition coefficient (Wildman–Crippen LogP) is 1.37. The number of rotatable bonds is 7. The Bertz CT molecular complexity index is 752. The zero-order valence-corrected chi connectivity index (χ0v) is 16.6. The highest BCUT2D eigenvalue weighted by molar-refractivity contribution is 5.58. The van der Waals surface area contributed by atoms with Gasteiger partial charge in [-0.2, -0.15) is 0 Å². The second-order valence-corrected chi connectivity index (χ2v) is 9.11. The highest BCUT2D eigenvalue weighted by atomic mass is 16.5. The minimum Gasteiger partial charge on any atom is -0.504 e. The number of hydrogen-bond acceptors (Lipinski definition) is 6. The van der Waals surface area contributed by atoms with Gasteiger partial charge in [0.2, 0.25) is 0 Å². The lowest BCUT2D eigenvalue weighted by Gasteiger charge is -2.54. The standard InChI is InChI=1S/C22H32N2O4/c1-2-24(12-13-3-4-13)17-11-14-5-6-16(26)21-18(14)19-20(28-21)15(23-9-10-25)7-8-22(17,19)27/h5-6,13,15,17,19-20,23,25-27H,2-4,7-12H2,1H3/t15-,17+,19?,20-,22+/m0/s1. The molecule has 1 unspecified atom stereocenters. The van der Waals surface area contributed by atoms with Crippen molar-refractivity contribution in [1.82, 2.24) is 10.2 Å². The molecule has 0 amide bonds. The first kappa shape index (κ1) is 18.7. The largest absolute Gasteiger partial charge is 0.504 e. The number of hydrogen-bond donors (Lipinski definition) is 4. The second kappa shape index (κ2) is 6.87. The lowest BCUT2D eigenvalue weighted by atomic mass is 9.60. The number of aliphatic hydroxyl groups is 2. The fraction of sp³-hybridized carbons (Fsp3) is 0.727. The van der Waals surface area contributed by atoms with Gasteiger partial charge >= 0.3 is 0 Å². The van der Waals surface area contributed by atoms with Crippen LogP contribution in [0.5, 0.6) is 11.5 Å². The molecular formula is C22H32N2O4. The molecule has 5 atom stereocenters. The highest BCUT2D eigenvalue weighted by Gasteiger charge is 2.61. The van der Waals surface area contributed by atoms with Crippen LogP contribution in [0.15, 0.2) is 12.1 Å². The molecule has 154 valence electrons. The average Bonchev–Trinajstić information content (AvgIpc) is 3.41.